The second-order valence-corrected chi connectivity index (χ2v) is 4.24. The van der Waals surface area contributed by atoms with Crippen molar-refractivity contribution in [3.8, 4) is 11.3 Å². The molecule has 2 heterocycles. The molecule has 20 heavy (non-hydrogen) atoms. The van der Waals surface area contributed by atoms with Crippen molar-refractivity contribution in [2.24, 2.45) is 0 Å². The lowest BCUT2D eigenvalue weighted by Gasteiger charge is -2.06. The maximum atomic E-state index is 13.3. The van der Waals surface area contributed by atoms with E-state index in [4.69, 9.17) is 0 Å². The van der Waals surface area contributed by atoms with Crippen molar-refractivity contribution in [2.45, 2.75) is 0 Å². The minimum absolute atomic E-state index is 0.218. The SMILES string of the molecule is O=Cc1cc2ncccc2nc1-c1cc(F)cc(F)c1. The van der Waals surface area contributed by atoms with Crippen LogP contribution < -0.4 is 0 Å². The standard InChI is InChI=1S/C15H8F2N2O/c16-11-4-9(5-12(17)7-11)15-10(8-20)6-14-13(19-15)2-1-3-18-14/h1-8H. The molecule has 0 amide bonds. The highest BCUT2D eigenvalue weighted by molar-refractivity contribution is 5.91. The van der Waals surface area contributed by atoms with Gasteiger partial charge in [-0.15, -0.1) is 0 Å². The van der Waals surface area contributed by atoms with Crippen molar-refractivity contribution < 1.29 is 13.6 Å². The van der Waals surface area contributed by atoms with Crippen LogP contribution in [0.25, 0.3) is 22.3 Å². The van der Waals surface area contributed by atoms with Crippen molar-refractivity contribution in [1.82, 2.24) is 9.97 Å². The molecule has 0 aliphatic carbocycles. The van der Waals surface area contributed by atoms with Gasteiger partial charge in [-0.25, -0.2) is 13.8 Å². The highest BCUT2D eigenvalue weighted by Gasteiger charge is 2.11. The molecule has 0 atom stereocenters. The number of halogens is 2. The van der Waals surface area contributed by atoms with Gasteiger partial charge in [-0.2, -0.15) is 0 Å². The molecule has 0 saturated carbocycles. The number of nitrogens with zero attached hydrogens (tertiary/aromatic N) is 2. The minimum atomic E-state index is -0.718. The third-order valence-electron chi connectivity index (χ3n) is 2.88. The minimum Gasteiger partial charge on any atom is -0.298 e. The average molecular weight is 270 g/mol. The number of benzene rings is 1. The van der Waals surface area contributed by atoms with Gasteiger partial charge >= 0.3 is 0 Å². The molecule has 3 nitrogen and oxygen atoms in total. The van der Waals surface area contributed by atoms with Crippen LogP contribution in [0.4, 0.5) is 8.78 Å². The van der Waals surface area contributed by atoms with E-state index in [-0.39, 0.29) is 16.8 Å². The Morgan fingerprint density at radius 2 is 1.75 bits per heavy atom. The zero-order chi connectivity index (χ0) is 14.1. The van der Waals surface area contributed by atoms with Crippen molar-refractivity contribution >= 4 is 17.3 Å². The average Bonchev–Trinajstić information content (AvgIpc) is 2.44. The predicted molar refractivity (Wildman–Crippen MR) is 70.3 cm³/mol. The van der Waals surface area contributed by atoms with Crippen LogP contribution in [0.1, 0.15) is 10.4 Å². The highest BCUT2D eigenvalue weighted by Crippen LogP contribution is 2.25. The summed E-state index contributed by atoms with van der Waals surface area (Å²) in [5.41, 5.74) is 1.79. The van der Waals surface area contributed by atoms with Gasteiger partial charge in [0.25, 0.3) is 0 Å². The van der Waals surface area contributed by atoms with Crippen LogP contribution in [0, 0.1) is 11.6 Å². The first kappa shape index (κ1) is 12.3. The number of fused-ring (bicyclic) bond motifs is 1. The smallest absolute Gasteiger partial charge is 0.152 e. The molecule has 98 valence electrons. The maximum Gasteiger partial charge on any atom is 0.152 e. The number of rotatable bonds is 2. The fourth-order valence-corrected chi connectivity index (χ4v) is 2.03. The van der Waals surface area contributed by atoms with Gasteiger partial charge in [0.05, 0.1) is 16.7 Å². The monoisotopic (exact) mass is 270 g/mol. The summed E-state index contributed by atoms with van der Waals surface area (Å²) >= 11 is 0. The van der Waals surface area contributed by atoms with Gasteiger partial charge in [0.15, 0.2) is 6.29 Å². The Morgan fingerprint density at radius 3 is 2.45 bits per heavy atom. The Labute approximate surface area is 112 Å². The van der Waals surface area contributed by atoms with E-state index in [0.717, 1.165) is 18.2 Å². The predicted octanol–water partition coefficient (Wildman–Crippen LogP) is 3.39. The van der Waals surface area contributed by atoms with E-state index in [2.05, 4.69) is 9.97 Å². The summed E-state index contributed by atoms with van der Waals surface area (Å²) in [5, 5.41) is 0. The lowest BCUT2D eigenvalue weighted by atomic mass is 10.1. The molecule has 1 aromatic carbocycles. The quantitative estimate of drug-likeness (QED) is 0.670. The number of pyridine rings is 2. The van der Waals surface area contributed by atoms with Gasteiger partial charge in [-0.05, 0) is 30.3 Å². The molecule has 2 aromatic heterocycles. The molecule has 0 fully saturated rings. The molecule has 0 unspecified atom stereocenters. The molecule has 0 aliphatic rings. The molecule has 0 spiro atoms. The molecular weight excluding hydrogens is 262 g/mol. The summed E-state index contributed by atoms with van der Waals surface area (Å²) < 4.78 is 26.6. The van der Waals surface area contributed by atoms with Crippen molar-refractivity contribution in [3.05, 3.63) is 59.8 Å². The molecule has 3 aromatic rings. The molecule has 0 saturated heterocycles. The van der Waals surface area contributed by atoms with E-state index >= 15 is 0 Å². The van der Waals surface area contributed by atoms with E-state index in [1.54, 1.807) is 24.4 Å². The number of hydrogen-bond acceptors (Lipinski definition) is 3. The van der Waals surface area contributed by atoms with E-state index in [0.29, 0.717) is 17.3 Å². The van der Waals surface area contributed by atoms with Gasteiger partial charge < -0.3 is 0 Å². The van der Waals surface area contributed by atoms with Crippen LogP contribution in [0.3, 0.4) is 0 Å². The lowest BCUT2D eigenvalue weighted by Crippen LogP contribution is -1.95. The molecule has 0 aliphatic heterocycles. The maximum absolute atomic E-state index is 13.3. The number of carbonyl (C=O) groups excluding carboxylic acids is 1. The number of aromatic nitrogens is 2. The lowest BCUT2D eigenvalue weighted by molar-refractivity contribution is 0.112. The number of aldehydes is 1. The molecule has 3 rings (SSSR count). The Bertz CT molecular complexity index is 798. The van der Waals surface area contributed by atoms with Crippen molar-refractivity contribution in [3.63, 3.8) is 0 Å². The van der Waals surface area contributed by atoms with Gasteiger partial charge in [-0.1, -0.05) is 0 Å². The summed E-state index contributed by atoms with van der Waals surface area (Å²) in [7, 11) is 0. The van der Waals surface area contributed by atoms with E-state index in [1.165, 1.54) is 0 Å². The van der Waals surface area contributed by atoms with Gasteiger partial charge in [-0.3, -0.25) is 9.78 Å². The van der Waals surface area contributed by atoms with Crippen LogP contribution in [0.15, 0.2) is 42.6 Å². The van der Waals surface area contributed by atoms with Gasteiger partial charge in [0.2, 0.25) is 0 Å². The summed E-state index contributed by atoms with van der Waals surface area (Å²) in [6.45, 7) is 0. The summed E-state index contributed by atoms with van der Waals surface area (Å²) in [5.74, 6) is -1.44. The highest BCUT2D eigenvalue weighted by atomic mass is 19.1. The molecule has 5 heteroatoms. The molecule has 0 N–H and O–H groups in total. The first-order valence-corrected chi connectivity index (χ1v) is 5.85. The Hall–Kier alpha value is -2.69. The zero-order valence-corrected chi connectivity index (χ0v) is 10.2. The zero-order valence-electron chi connectivity index (χ0n) is 10.2. The first-order chi connectivity index (χ1) is 9.67. The Kier molecular flexibility index (Phi) is 2.95. The second kappa shape index (κ2) is 4.77. The number of carbonyl (C=O) groups is 1. The largest absolute Gasteiger partial charge is 0.298 e. The summed E-state index contributed by atoms with van der Waals surface area (Å²) in [6.07, 6.45) is 2.18. The first-order valence-electron chi connectivity index (χ1n) is 5.85. The number of hydrogen-bond donors (Lipinski definition) is 0. The second-order valence-electron chi connectivity index (χ2n) is 4.24. The fourth-order valence-electron chi connectivity index (χ4n) is 2.03. The van der Waals surface area contributed by atoms with Crippen LogP contribution in [0.2, 0.25) is 0 Å². The van der Waals surface area contributed by atoms with E-state index in [1.807, 2.05) is 0 Å². The fraction of sp³-hybridized carbons (Fsp3) is 0. The molecular formula is C15H8F2N2O. The van der Waals surface area contributed by atoms with E-state index in [9.17, 15) is 13.6 Å². The Balaban J connectivity index is 2.31. The van der Waals surface area contributed by atoms with Gasteiger partial charge in [0.1, 0.15) is 11.6 Å². The van der Waals surface area contributed by atoms with Crippen molar-refractivity contribution in [1.29, 1.82) is 0 Å². The summed E-state index contributed by atoms with van der Waals surface area (Å²) in [6, 6.07) is 8.02. The van der Waals surface area contributed by atoms with E-state index < -0.39 is 11.6 Å². The van der Waals surface area contributed by atoms with Crippen LogP contribution in [-0.2, 0) is 0 Å². The molecule has 0 bridgehead atoms. The third-order valence-corrected chi connectivity index (χ3v) is 2.88. The van der Waals surface area contributed by atoms with Crippen LogP contribution in [0.5, 0.6) is 0 Å². The third kappa shape index (κ3) is 2.14. The van der Waals surface area contributed by atoms with Crippen molar-refractivity contribution in [2.75, 3.05) is 0 Å². The van der Waals surface area contributed by atoms with Gasteiger partial charge in [0, 0.05) is 23.4 Å². The topological polar surface area (TPSA) is 42.9 Å². The molecule has 0 radical (unpaired) electrons. The van der Waals surface area contributed by atoms with Crippen LogP contribution in [-0.4, -0.2) is 16.3 Å². The Morgan fingerprint density at radius 1 is 1.00 bits per heavy atom. The normalized spacial score (nSPS) is 10.7. The van der Waals surface area contributed by atoms with Crippen LogP contribution >= 0.6 is 0 Å². The summed E-state index contributed by atoms with van der Waals surface area (Å²) in [4.78, 5) is 19.5.